The number of hydrogen-bond donors (Lipinski definition) is 0. The fourth-order valence-corrected chi connectivity index (χ4v) is 2.26. The molecule has 1 unspecified atom stereocenters. The van der Waals surface area contributed by atoms with Gasteiger partial charge in [-0.25, -0.2) is 0 Å². The van der Waals surface area contributed by atoms with Gasteiger partial charge in [0.15, 0.2) is 5.78 Å². The van der Waals surface area contributed by atoms with E-state index in [1.165, 1.54) is 6.92 Å². The van der Waals surface area contributed by atoms with Crippen LogP contribution in [-0.2, 0) is 10.2 Å². The van der Waals surface area contributed by atoms with Gasteiger partial charge in [-0.1, -0.05) is 62.9 Å². The number of carbonyl (C=O) groups is 1. The summed E-state index contributed by atoms with van der Waals surface area (Å²) >= 11 is 0. The van der Waals surface area contributed by atoms with E-state index < -0.39 is 5.41 Å². The number of unbranched alkanes of at least 4 members (excludes halogenated alkanes) is 3. The van der Waals surface area contributed by atoms with Crippen LogP contribution in [0.5, 0.6) is 0 Å². The number of ketones is 1. The average molecular weight is 243 g/mol. The van der Waals surface area contributed by atoms with E-state index in [0.29, 0.717) is 6.42 Å². The van der Waals surface area contributed by atoms with Gasteiger partial charge < -0.3 is 0 Å². The summed E-state index contributed by atoms with van der Waals surface area (Å²) in [6.45, 7) is 3.68. The molecular formula is C16H21NO. The molecule has 1 rings (SSSR count). The van der Waals surface area contributed by atoms with E-state index in [2.05, 4.69) is 13.0 Å². The molecule has 0 fully saturated rings. The Kier molecular flexibility index (Phi) is 5.58. The fourth-order valence-electron chi connectivity index (χ4n) is 2.26. The first-order valence-corrected chi connectivity index (χ1v) is 6.65. The zero-order valence-corrected chi connectivity index (χ0v) is 11.3. The number of carbonyl (C=O) groups excluding carboxylic acids is 1. The first-order chi connectivity index (χ1) is 8.67. The Labute approximate surface area is 110 Å². The number of nitriles is 1. The molecule has 0 amide bonds. The molecular weight excluding hydrogens is 222 g/mol. The van der Waals surface area contributed by atoms with Crippen LogP contribution in [0.4, 0.5) is 0 Å². The molecule has 0 N–H and O–H groups in total. The van der Waals surface area contributed by atoms with Crippen LogP contribution in [0.1, 0.15) is 51.5 Å². The molecule has 0 aromatic heterocycles. The van der Waals surface area contributed by atoms with Gasteiger partial charge in [0, 0.05) is 0 Å². The highest BCUT2D eigenvalue weighted by Crippen LogP contribution is 2.30. The van der Waals surface area contributed by atoms with Gasteiger partial charge in [-0.2, -0.15) is 5.26 Å². The summed E-state index contributed by atoms with van der Waals surface area (Å²) < 4.78 is 0. The van der Waals surface area contributed by atoms with E-state index in [1.54, 1.807) is 0 Å². The Hall–Kier alpha value is -1.62. The van der Waals surface area contributed by atoms with Crippen LogP contribution < -0.4 is 0 Å². The van der Waals surface area contributed by atoms with E-state index >= 15 is 0 Å². The van der Waals surface area contributed by atoms with Crippen LogP contribution in [0.2, 0.25) is 0 Å². The zero-order chi connectivity index (χ0) is 13.4. The summed E-state index contributed by atoms with van der Waals surface area (Å²) in [4.78, 5) is 11.9. The van der Waals surface area contributed by atoms with Crippen molar-refractivity contribution in [2.75, 3.05) is 0 Å². The molecule has 0 saturated carbocycles. The summed E-state index contributed by atoms with van der Waals surface area (Å²) in [6.07, 6.45) is 4.96. The molecule has 96 valence electrons. The summed E-state index contributed by atoms with van der Waals surface area (Å²) in [5.41, 5.74) is -0.119. The second-order valence-electron chi connectivity index (χ2n) is 4.75. The predicted octanol–water partition coefficient (Wildman–Crippen LogP) is 4.01. The van der Waals surface area contributed by atoms with Gasteiger partial charge in [-0.15, -0.1) is 0 Å². The highest BCUT2D eigenvalue weighted by atomic mass is 16.1. The maximum Gasteiger partial charge on any atom is 0.154 e. The zero-order valence-electron chi connectivity index (χ0n) is 11.3. The SMILES string of the molecule is CCCCCCC(C#N)(C(C)=O)c1ccccc1. The number of rotatable bonds is 7. The molecule has 0 aliphatic rings. The third-order valence-corrected chi connectivity index (χ3v) is 3.46. The van der Waals surface area contributed by atoms with E-state index in [0.717, 1.165) is 31.2 Å². The number of hydrogen-bond acceptors (Lipinski definition) is 2. The lowest BCUT2D eigenvalue weighted by Gasteiger charge is -2.24. The highest BCUT2D eigenvalue weighted by Gasteiger charge is 2.36. The van der Waals surface area contributed by atoms with Gasteiger partial charge in [0.2, 0.25) is 0 Å². The minimum absolute atomic E-state index is 0.0484. The van der Waals surface area contributed by atoms with Gasteiger partial charge in [-0.3, -0.25) is 4.79 Å². The largest absolute Gasteiger partial charge is 0.298 e. The summed E-state index contributed by atoms with van der Waals surface area (Å²) in [5, 5.41) is 9.49. The third kappa shape index (κ3) is 3.20. The average Bonchev–Trinajstić information content (AvgIpc) is 2.40. The van der Waals surface area contributed by atoms with Crippen molar-refractivity contribution >= 4 is 5.78 Å². The minimum Gasteiger partial charge on any atom is -0.298 e. The molecule has 0 aliphatic carbocycles. The second-order valence-corrected chi connectivity index (χ2v) is 4.75. The first-order valence-electron chi connectivity index (χ1n) is 6.65. The predicted molar refractivity (Wildman–Crippen MR) is 73.2 cm³/mol. The molecule has 0 bridgehead atoms. The van der Waals surface area contributed by atoms with Crippen LogP contribution in [0.15, 0.2) is 30.3 Å². The second kappa shape index (κ2) is 6.96. The van der Waals surface area contributed by atoms with Crippen molar-refractivity contribution in [3.63, 3.8) is 0 Å². The quantitative estimate of drug-likeness (QED) is 0.679. The van der Waals surface area contributed by atoms with Crippen LogP contribution in [0, 0.1) is 11.3 Å². The number of benzene rings is 1. The standard InChI is InChI=1S/C16H21NO/c1-3-4-5-9-12-16(13-17,14(2)18)15-10-7-6-8-11-15/h6-8,10-11H,3-5,9,12H2,1-2H3. The summed E-state index contributed by atoms with van der Waals surface area (Å²) in [6, 6.07) is 11.7. The first kappa shape index (κ1) is 14.4. The fraction of sp³-hybridized carbons (Fsp3) is 0.500. The van der Waals surface area contributed by atoms with E-state index in [9.17, 15) is 10.1 Å². The topological polar surface area (TPSA) is 40.9 Å². The lowest BCUT2D eigenvalue weighted by Crippen LogP contribution is -2.32. The minimum atomic E-state index is -0.949. The van der Waals surface area contributed by atoms with Crippen molar-refractivity contribution in [2.45, 2.75) is 51.4 Å². The molecule has 0 saturated heterocycles. The number of Topliss-reactive ketones (excluding diaryl/α,β-unsaturated/α-hetero) is 1. The Bertz CT molecular complexity index is 418. The monoisotopic (exact) mass is 243 g/mol. The smallest absolute Gasteiger partial charge is 0.154 e. The van der Waals surface area contributed by atoms with E-state index in [1.807, 2.05) is 30.3 Å². The van der Waals surface area contributed by atoms with Crippen molar-refractivity contribution in [1.29, 1.82) is 5.26 Å². The molecule has 0 spiro atoms. The van der Waals surface area contributed by atoms with Crippen molar-refractivity contribution in [3.8, 4) is 6.07 Å². The van der Waals surface area contributed by atoms with Gasteiger partial charge in [-0.05, 0) is 18.9 Å². The lowest BCUT2D eigenvalue weighted by molar-refractivity contribution is -0.120. The lowest BCUT2D eigenvalue weighted by atomic mass is 9.74. The molecule has 0 heterocycles. The van der Waals surface area contributed by atoms with Crippen molar-refractivity contribution in [1.82, 2.24) is 0 Å². The number of nitrogens with zero attached hydrogens (tertiary/aromatic N) is 1. The Morgan fingerprint density at radius 1 is 1.22 bits per heavy atom. The molecule has 2 heteroatoms. The molecule has 0 aliphatic heterocycles. The van der Waals surface area contributed by atoms with Crippen LogP contribution in [0.25, 0.3) is 0 Å². The highest BCUT2D eigenvalue weighted by molar-refractivity contribution is 5.91. The molecule has 1 aromatic carbocycles. The maximum absolute atomic E-state index is 11.9. The van der Waals surface area contributed by atoms with Gasteiger partial charge in [0.25, 0.3) is 0 Å². The molecule has 0 radical (unpaired) electrons. The van der Waals surface area contributed by atoms with Gasteiger partial charge in [0.1, 0.15) is 5.41 Å². The Balaban J connectivity index is 2.90. The van der Waals surface area contributed by atoms with Crippen LogP contribution in [0.3, 0.4) is 0 Å². The Morgan fingerprint density at radius 2 is 1.89 bits per heavy atom. The van der Waals surface area contributed by atoms with Gasteiger partial charge >= 0.3 is 0 Å². The normalized spacial score (nSPS) is 13.6. The van der Waals surface area contributed by atoms with Crippen LogP contribution in [-0.4, -0.2) is 5.78 Å². The molecule has 1 atom stereocenters. The van der Waals surface area contributed by atoms with E-state index in [4.69, 9.17) is 0 Å². The van der Waals surface area contributed by atoms with Crippen molar-refractivity contribution in [2.24, 2.45) is 0 Å². The van der Waals surface area contributed by atoms with Crippen LogP contribution >= 0.6 is 0 Å². The maximum atomic E-state index is 11.9. The van der Waals surface area contributed by atoms with Crippen molar-refractivity contribution < 1.29 is 4.79 Å². The molecule has 1 aromatic rings. The Morgan fingerprint density at radius 3 is 2.39 bits per heavy atom. The molecule has 2 nitrogen and oxygen atoms in total. The molecule has 18 heavy (non-hydrogen) atoms. The summed E-state index contributed by atoms with van der Waals surface area (Å²) in [5.74, 6) is -0.0484. The van der Waals surface area contributed by atoms with Crippen molar-refractivity contribution in [3.05, 3.63) is 35.9 Å². The van der Waals surface area contributed by atoms with E-state index in [-0.39, 0.29) is 5.78 Å². The third-order valence-electron chi connectivity index (χ3n) is 3.46. The summed E-state index contributed by atoms with van der Waals surface area (Å²) in [7, 11) is 0. The van der Waals surface area contributed by atoms with Gasteiger partial charge in [0.05, 0.1) is 6.07 Å².